The number of nitrogens with one attached hydrogen (secondary N) is 1. The highest BCUT2D eigenvalue weighted by molar-refractivity contribution is 9.10. The normalized spacial score (nSPS) is 29.9. The molecular formula is C14H16BrNO. The lowest BCUT2D eigenvalue weighted by atomic mass is 10.1. The molecule has 3 heteroatoms. The Kier molecular flexibility index (Phi) is 2.74. The van der Waals surface area contributed by atoms with Crippen molar-refractivity contribution in [3.63, 3.8) is 0 Å². The highest BCUT2D eigenvalue weighted by Gasteiger charge is 2.56. The van der Waals surface area contributed by atoms with Crippen LogP contribution in [-0.2, 0) is 4.79 Å². The molecular weight excluding hydrogens is 278 g/mol. The highest BCUT2D eigenvalue weighted by atomic mass is 79.9. The van der Waals surface area contributed by atoms with Crippen LogP contribution >= 0.6 is 15.9 Å². The topological polar surface area (TPSA) is 29.1 Å². The third kappa shape index (κ3) is 1.90. The highest BCUT2D eigenvalue weighted by Crippen LogP contribution is 2.57. The molecule has 3 rings (SSSR count). The molecule has 2 atom stereocenters. The molecule has 2 aliphatic rings. The van der Waals surface area contributed by atoms with Gasteiger partial charge in [0.1, 0.15) is 0 Å². The van der Waals surface area contributed by atoms with Crippen molar-refractivity contribution < 1.29 is 4.79 Å². The van der Waals surface area contributed by atoms with Crippen LogP contribution in [0.25, 0.3) is 0 Å². The van der Waals surface area contributed by atoms with Crippen molar-refractivity contribution in [3.05, 3.63) is 28.2 Å². The Bertz CT molecular complexity index is 461. The number of hydrogen-bond donors (Lipinski definition) is 1. The lowest BCUT2D eigenvalue weighted by Crippen LogP contribution is -2.17. The van der Waals surface area contributed by atoms with Crippen molar-refractivity contribution in [2.45, 2.75) is 26.2 Å². The summed E-state index contributed by atoms with van der Waals surface area (Å²) in [5.41, 5.74) is 2.04. The molecule has 0 spiro atoms. The first-order valence-electron chi connectivity index (χ1n) is 6.24. The first-order chi connectivity index (χ1) is 8.18. The van der Waals surface area contributed by atoms with Crippen LogP contribution in [0.1, 0.15) is 24.8 Å². The van der Waals surface area contributed by atoms with E-state index >= 15 is 0 Å². The Morgan fingerprint density at radius 2 is 2.06 bits per heavy atom. The minimum Gasteiger partial charge on any atom is -0.326 e. The maximum atomic E-state index is 12.1. The molecule has 1 aromatic rings. The number of hydrogen-bond acceptors (Lipinski definition) is 1. The zero-order valence-corrected chi connectivity index (χ0v) is 11.5. The monoisotopic (exact) mass is 293 g/mol. The molecule has 0 heterocycles. The largest absolute Gasteiger partial charge is 0.326 e. The lowest BCUT2D eigenvalue weighted by Gasteiger charge is -2.10. The molecule has 2 fully saturated rings. The molecule has 1 N–H and O–H groups in total. The van der Waals surface area contributed by atoms with Gasteiger partial charge < -0.3 is 5.32 Å². The SMILES string of the molecule is Cc1c(Br)cccc1NC(=O)C1C2CCCC21. The van der Waals surface area contributed by atoms with E-state index in [0.717, 1.165) is 15.7 Å². The fourth-order valence-electron chi connectivity index (χ4n) is 3.17. The van der Waals surface area contributed by atoms with Gasteiger partial charge in [0, 0.05) is 16.1 Å². The van der Waals surface area contributed by atoms with E-state index in [1.165, 1.54) is 19.3 Å². The van der Waals surface area contributed by atoms with Gasteiger partial charge in [-0.1, -0.05) is 28.4 Å². The Balaban J connectivity index is 1.71. The minimum absolute atomic E-state index is 0.223. The standard InChI is InChI=1S/C14H16BrNO/c1-8-11(15)6-3-7-12(8)16-14(17)13-9-4-2-5-10(9)13/h3,6-7,9-10,13H,2,4-5H2,1H3,(H,16,17). The van der Waals surface area contributed by atoms with Gasteiger partial charge in [-0.25, -0.2) is 0 Å². The zero-order chi connectivity index (χ0) is 12.0. The third-order valence-electron chi connectivity index (χ3n) is 4.23. The summed E-state index contributed by atoms with van der Waals surface area (Å²) in [5, 5.41) is 3.07. The van der Waals surface area contributed by atoms with Gasteiger partial charge in [-0.05, 0) is 49.3 Å². The molecule has 1 aromatic carbocycles. The van der Waals surface area contributed by atoms with Crippen LogP contribution in [0, 0.1) is 24.7 Å². The zero-order valence-electron chi connectivity index (χ0n) is 9.87. The molecule has 1 amide bonds. The molecule has 2 aliphatic carbocycles. The number of anilines is 1. The average molecular weight is 294 g/mol. The minimum atomic E-state index is 0.223. The fraction of sp³-hybridized carbons (Fsp3) is 0.500. The molecule has 0 saturated heterocycles. The maximum Gasteiger partial charge on any atom is 0.228 e. The number of rotatable bonds is 2. The molecule has 2 saturated carbocycles. The average Bonchev–Trinajstić information content (AvgIpc) is 2.79. The first-order valence-corrected chi connectivity index (χ1v) is 7.04. The molecule has 0 bridgehead atoms. The summed E-state index contributed by atoms with van der Waals surface area (Å²) in [7, 11) is 0. The summed E-state index contributed by atoms with van der Waals surface area (Å²) in [6, 6.07) is 5.92. The summed E-state index contributed by atoms with van der Waals surface area (Å²) in [4.78, 5) is 12.1. The summed E-state index contributed by atoms with van der Waals surface area (Å²) in [6.45, 7) is 2.02. The number of amides is 1. The lowest BCUT2D eigenvalue weighted by molar-refractivity contribution is -0.118. The van der Waals surface area contributed by atoms with Crippen molar-refractivity contribution in [1.82, 2.24) is 0 Å². The van der Waals surface area contributed by atoms with Crippen molar-refractivity contribution in [2.75, 3.05) is 5.32 Å². The van der Waals surface area contributed by atoms with Crippen molar-refractivity contribution >= 4 is 27.5 Å². The first kappa shape index (κ1) is 11.3. The number of carbonyl (C=O) groups excluding carboxylic acids is 1. The van der Waals surface area contributed by atoms with Gasteiger partial charge in [0.05, 0.1) is 0 Å². The van der Waals surface area contributed by atoms with Crippen LogP contribution in [0.3, 0.4) is 0 Å². The molecule has 90 valence electrons. The third-order valence-corrected chi connectivity index (χ3v) is 5.09. The number of halogens is 1. The second kappa shape index (κ2) is 4.13. The van der Waals surface area contributed by atoms with E-state index in [1.807, 2.05) is 25.1 Å². The van der Waals surface area contributed by atoms with E-state index < -0.39 is 0 Å². The molecule has 0 aliphatic heterocycles. The van der Waals surface area contributed by atoms with E-state index in [4.69, 9.17) is 0 Å². The number of fused-ring (bicyclic) bond motifs is 1. The Hall–Kier alpha value is -0.830. The summed E-state index contributed by atoms with van der Waals surface area (Å²) < 4.78 is 1.05. The van der Waals surface area contributed by atoms with E-state index in [2.05, 4.69) is 21.2 Å². The fourth-order valence-corrected chi connectivity index (χ4v) is 3.54. The second-order valence-electron chi connectivity index (χ2n) is 5.19. The van der Waals surface area contributed by atoms with Crippen LogP contribution < -0.4 is 5.32 Å². The Labute approximate surface area is 110 Å². The Morgan fingerprint density at radius 3 is 2.76 bits per heavy atom. The number of benzene rings is 1. The van der Waals surface area contributed by atoms with Crippen molar-refractivity contribution in [2.24, 2.45) is 17.8 Å². The van der Waals surface area contributed by atoms with Crippen LogP contribution in [0.4, 0.5) is 5.69 Å². The molecule has 17 heavy (non-hydrogen) atoms. The van der Waals surface area contributed by atoms with Crippen LogP contribution in [0.5, 0.6) is 0 Å². The van der Waals surface area contributed by atoms with Gasteiger partial charge in [-0.2, -0.15) is 0 Å². The van der Waals surface area contributed by atoms with E-state index in [1.54, 1.807) is 0 Å². The van der Waals surface area contributed by atoms with Crippen LogP contribution in [-0.4, -0.2) is 5.91 Å². The van der Waals surface area contributed by atoms with Crippen LogP contribution in [0.15, 0.2) is 22.7 Å². The van der Waals surface area contributed by atoms with E-state index in [9.17, 15) is 4.79 Å². The van der Waals surface area contributed by atoms with E-state index in [-0.39, 0.29) is 5.91 Å². The second-order valence-corrected chi connectivity index (χ2v) is 6.04. The van der Waals surface area contributed by atoms with Gasteiger partial charge in [0.15, 0.2) is 0 Å². The molecule has 2 nitrogen and oxygen atoms in total. The van der Waals surface area contributed by atoms with Gasteiger partial charge >= 0.3 is 0 Å². The van der Waals surface area contributed by atoms with Gasteiger partial charge in [0.2, 0.25) is 5.91 Å². The summed E-state index contributed by atoms with van der Waals surface area (Å²) in [6.07, 6.45) is 3.81. The predicted molar refractivity (Wildman–Crippen MR) is 71.8 cm³/mol. The molecule has 0 radical (unpaired) electrons. The number of carbonyl (C=O) groups is 1. The predicted octanol–water partition coefficient (Wildman–Crippen LogP) is 3.74. The van der Waals surface area contributed by atoms with Crippen molar-refractivity contribution in [3.8, 4) is 0 Å². The Morgan fingerprint density at radius 1 is 1.35 bits per heavy atom. The van der Waals surface area contributed by atoms with Gasteiger partial charge in [-0.15, -0.1) is 0 Å². The van der Waals surface area contributed by atoms with Crippen LogP contribution in [0.2, 0.25) is 0 Å². The quantitative estimate of drug-likeness (QED) is 0.884. The smallest absolute Gasteiger partial charge is 0.228 e. The summed E-state index contributed by atoms with van der Waals surface area (Å²) >= 11 is 3.49. The molecule has 2 unspecified atom stereocenters. The molecule has 0 aromatic heterocycles. The maximum absolute atomic E-state index is 12.1. The summed E-state index contributed by atoms with van der Waals surface area (Å²) in [5.74, 6) is 1.88. The van der Waals surface area contributed by atoms with Gasteiger partial charge in [0.25, 0.3) is 0 Å². The van der Waals surface area contributed by atoms with E-state index in [0.29, 0.717) is 17.8 Å². The van der Waals surface area contributed by atoms with Gasteiger partial charge in [-0.3, -0.25) is 4.79 Å². The van der Waals surface area contributed by atoms with Crippen molar-refractivity contribution in [1.29, 1.82) is 0 Å².